The minimum absolute atomic E-state index is 0. The smallest absolute Gasteiger partial charge is 0.352 e. The highest BCUT2D eigenvalue weighted by Gasteiger charge is 2.53. The molecule has 10 heteroatoms. The van der Waals surface area contributed by atoms with Crippen molar-refractivity contribution in [3.05, 3.63) is 47.2 Å². The van der Waals surface area contributed by atoms with Gasteiger partial charge in [0.1, 0.15) is 23.2 Å². The average molecular weight is 444 g/mol. The number of carbonyl (C=O) groups excluding carboxylic acids is 2. The van der Waals surface area contributed by atoms with Gasteiger partial charge in [0.15, 0.2) is 0 Å². The van der Waals surface area contributed by atoms with Gasteiger partial charge in [-0.05, 0) is 24.5 Å². The summed E-state index contributed by atoms with van der Waals surface area (Å²) in [5.74, 6) is -1.50. The lowest BCUT2D eigenvalue weighted by Gasteiger charge is -2.49. The van der Waals surface area contributed by atoms with Gasteiger partial charge in [-0.1, -0.05) is 37.3 Å². The van der Waals surface area contributed by atoms with Crippen LogP contribution in [-0.4, -0.2) is 56.7 Å². The Morgan fingerprint density at radius 3 is 2.45 bits per heavy atom. The average Bonchev–Trinajstić information content (AvgIpc) is 2.71. The highest BCUT2D eigenvalue weighted by atomic mass is 35.5. The molecular weight excluding hydrogens is 418 g/mol. The van der Waals surface area contributed by atoms with Crippen LogP contribution in [-0.2, 0) is 14.4 Å². The van der Waals surface area contributed by atoms with E-state index in [2.05, 4.69) is 5.32 Å². The summed E-state index contributed by atoms with van der Waals surface area (Å²) in [5.41, 5.74) is 7.24. The highest BCUT2D eigenvalue weighted by Crippen LogP contribution is 2.40. The van der Waals surface area contributed by atoms with Crippen LogP contribution in [0.5, 0.6) is 0 Å². The van der Waals surface area contributed by atoms with E-state index in [0.29, 0.717) is 23.5 Å². The second-order valence-corrected chi connectivity index (χ2v) is 7.55. The maximum Gasteiger partial charge on any atom is 0.352 e. The molecule has 3 atom stereocenters. The molecule has 0 aliphatic carbocycles. The first kappa shape index (κ1) is 25.0. The van der Waals surface area contributed by atoms with Gasteiger partial charge in [-0.15, -0.1) is 24.2 Å². The van der Waals surface area contributed by atoms with Crippen molar-refractivity contribution in [2.45, 2.75) is 37.7 Å². The van der Waals surface area contributed by atoms with Crippen molar-refractivity contribution < 1.29 is 24.6 Å². The predicted octanol–water partition coefficient (Wildman–Crippen LogP) is 1.26. The molecule has 2 amide bonds. The summed E-state index contributed by atoms with van der Waals surface area (Å²) in [5, 5.41) is 19.4. The Morgan fingerprint density at radius 1 is 1.34 bits per heavy atom. The van der Waals surface area contributed by atoms with Crippen LogP contribution in [0.2, 0.25) is 0 Å². The van der Waals surface area contributed by atoms with Gasteiger partial charge >= 0.3 is 5.97 Å². The fourth-order valence-corrected chi connectivity index (χ4v) is 4.12. The molecule has 0 radical (unpaired) electrons. The van der Waals surface area contributed by atoms with Gasteiger partial charge in [-0.3, -0.25) is 14.5 Å². The number of carbonyl (C=O) groups is 3. The molecule has 0 aromatic heterocycles. The standard InChI is InChI=1S/C16H17N3O4S.C3H8O.ClH/c1-8-7-24-15-11(14(21)19(15)12(8)16(22)23)18-13(20)10(17)9-5-3-2-4-6-9;1-2-3-4;/h2-6,10-11,15H,7,17H2,1H3,(H,18,20)(H,22,23);4H,2-3H2,1H3;1H/t10-,11-,15-;;/m1../s1. The molecule has 1 aromatic rings. The number of aliphatic hydroxyl groups excluding tert-OH is 1. The number of fused-ring (bicyclic) bond motifs is 1. The lowest BCUT2D eigenvalue weighted by molar-refractivity contribution is -0.150. The van der Waals surface area contributed by atoms with Gasteiger partial charge in [0.05, 0.1) is 0 Å². The maximum absolute atomic E-state index is 12.3. The van der Waals surface area contributed by atoms with Crippen LogP contribution in [0, 0.1) is 0 Å². The zero-order chi connectivity index (χ0) is 20.8. The Bertz CT molecular complexity index is 772. The topological polar surface area (TPSA) is 133 Å². The SMILES string of the molecule is CC1=C(C(=O)O)N2C(=O)[C@@H](NC(=O)[C@H](N)c3ccccc3)[C@H]2SC1.CCCO.Cl. The van der Waals surface area contributed by atoms with E-state index < -0.39 is 35.2 Å². The van der Waals surface area contributed by atoms with E-state index in [4.69, 9.17) is 10.8 Å². The zero-order valence-electron chi connectivity index (χ0n) is 16.2. The van der Waals surface area contributed by atoms with E-state index in [0.717, 1.165) is 6.42 Å². The minimum Gasteiger partial charge on any atom is -0.477 e. The van der Waals surface area contributed by atoms with Crippen molar-refractivity contribution in [2.75, 3.05) is 12.4 Å². The van der Waals surface area contributed by atoms with Crippen LogP contribution in [0.15, 0.2) is 41.6 Å². The number of nitrogens with two attached hydrogens (primary N) is 1. The number of amides is 2. The molecule has 1 saturated heterocycles. The van der Waals surface area contributed by atoms with E-state index in [9.17, 15) is 19.5 Å². The number of hydrogen-bond acceptors (Lipinski definition) is 6. The maximum atomic E-state index is 12.3. The number of hydrogen-bond donors (Lipinski definition) is 4. The first-order valence-corrected chi connectivity index (χ1v) is 9.97. The van der Waals surface area contributed by atoms with Crippen molar-refractivity contribution in [2.24, 2.45) is 5.73 Å². The molecule has 0 spiro atoms. The fraction of sp³-hybridized carbons (Fsp3) is 0.421. The lowest BCUT2D eigenvalue weighted by Crippen LogP contribution is -2.71. The van der Waals surface area contributed by atoms with Crippen LogP contribution in [0.3, 0.4) is 0 Å². The number of thioether (sulfide) groups is 1. The number of nitrogens with zero attached hydrogens (tertiary/aromatic N) is 1. The molecule has 2 aliphatic rings. The second kappa shape index (κ2) is 11.2. The Morgan fingerprint density at radius 2 is 1.93 bits per heavy atom. The number of benzene rings is 1. The van der Waals surface area contributed by atoms with Crippen LogP contribution < -0.4 is 11.1 Å². The van der Waals surface area contributed by atoms with Crippen molar-refractivity contribution in [3.63, 3.8) is 0 Å². The monoisotopic (exact) mass is 443 g/mol. The molecule has 160 valence electrons. The van der Waals surface area contributed by atoms with Crippen LogP contribution in [0.4, 0.5) is 0 Å². The lowest BCUT2D eigenvalue weighted by atomic mass is 10.0. The first-order valence-electron chi connectivity index (χ1n) is 8.92. The zero-order valence-corrected chi connectivity index (χ0v) is 17.8. The molecule has 0 unspecified atom stereocenters. The van der Waals surface area contributed by atoms with E-state index in [1.54, 1.807) is 31.2 Å². The number of nitrogens with one attached hydrogen (secondary N) is 1. The van der Waals surface area contributed by atoms with Gasteiger partial charge in [-0.2, -0.15) is 0 Å². The highest BCUT2D eigenvalue weighted by molar-refractivity contribution is 8.00. The van der Waals surface area contributed by atoms with Crippen LogP contribution in [0.1, 0.15) is 31.9 Å². The molecule has 2 heterocycles. The number of rotatable bonds is 5. The van der Waals surface area contributed by atoms with Crippen LogP contribution >= 0.6 is 24.2 Å². The summed E-state index contributed by atoms with van der Waals surface area (Å²) in [6.07, 6.45) is 0.875. The number of aliphatic hydroxyl groups is 1. The summed E-state index contributed by atoms with van der Waals surface area (Å²) in [4.78, 5) is 37.2. The van der Waals surface area contributed by atoms with Crippen LogP contribution in [0.25, 0.3) is 0 Å². The second-order valence-electron chi connectivity index (χ2n) is 6.44. The Kier molecular flexibility index (Phi) is 9.64. The minimum atomic E-state index is -1.13. The molecule has 29 heavy (non-hydrogen) atoms. The number of β-lactam (4-membered cyclic amide) rings is 1. The molecule has 5 N–H and O–H groups in total. The fourth-order valence-electron chi connectivity index (χ4n) is 2.83. The number of carboxylic acids is 1. The van der Waals surface area contributed by atoms with Gasteiger partial charge in [-0.25, -0.2) is 4.79 Å². The largest absolute Gasteiger partial charge is 0.477 e. The van der Waals surface area contributed by atoms with Gasteiger partial charge in [0.2, 0.25) is 5.91 Å². The summed E-state index contributed by atoms with van der Waals surface area (Å²) >= 11 is 1.43. The van der Waals surface area contributed by atoms with E-state index >= 15 is 0 Å². The third-order valence-electron chi connectivity index (χ3n) is 4.32. The number of halogens is 1. The third-order valence-corrected chi connectivity index (χ3v) is 5.75. The van der Waals surface area contributed by atoms with Gasteiger partial charge < -0.3 is 21.3 Å². The van der Waals surface area contributed by atoms with Crippen molar-refractivity contribution in [1.29, 1.82) is 0 Å². The summed E-state index contributed by atoms with van der Waals surface area (Å²) in [6, 6.07) is 7.23. The number of carboxylic acid groups (broad SMARTS) is 1. The molecule has 2 aliphatic heterocycles. The first-order chi connectivity index (χ1) is 13.3. The summed E-state index contributed by atoms with van der Waals surface area (Å²) in [7, 11) is 0. The quantitative estimate of drug-likeness (QED) is 0.503. The molecule has 3 rings (SSSR count). The van der Waals surface area contributed by atoms with Gasteiger partial charge in [0.25, 0.3) is 5.91 Å². The van der Waals surface area contributed by atoms with E-state index in [-0.39, 0.29) is 18.1 Å². The normalized spacial score (nSPS) is 21.0. The molecule has 0 bridgehead atoms. The molecule has 0 saturated carbocycles. The molecule has 1 fully saturated rings. The van der Waals surface area contributed by atoms with E-state index in [1.165, 1.54) is 16.7 Å². The van der Waals surface area contributed by atoms with Crippen molar-refractivity contribution in [3.8, 4) is 0 Å². The molecule has 8 nitrogen and oxygen atoms in total. The summed E-state index contributed by atoms with van der Waals surface area (Å²) < 4.78 is 0. The molecule has 1 aromatic carbocycles. The Hall–Kier alpha value is -2.07. The Balaban J connectivity index is 0.000000771. The summed E-state index contributed by atoms with van der Waals surface area (Å²) in [6.45, 7) is 3.94. The number of aliphatic carboxylic acids is 1. The Labute approximate surface area is 179 Å². The van der Waals surface area contributed by atoms with Gasteiger partial charge in [0, 0.05) is 12.4 Å². The van der Waals surface area contributed by atoms with E-state index in [1.807, 2.05) is 13.0 Å². The third kappa shape index (κ3) is 5.51. The predicted molar refractivity (Wildman–Crippen MR) is 113 cm³/mol. The van der Waals surface area contributed by atoms with Crippen molar-refractivity contribution in [1.82, 2.24) is 10.2 Å². The molecular formula is C19H26ClN3O5S. The van der Waals surface area contributed by atoms with Crippen molar-refractivity contribution >= 4 is 42.0 Å².